The van der Waals surface area contributed by atoms with Crippen LogP contribution in [-0.4, -0.2) is 23.6 Å². The second-order valence-electron chi connectivity index (χ2n) is 6.81. The monoisotopic (exact) mass is 428 g/mol. The number of nitrogens with one attached hydrogen (secondary N) is 2. The van der Waals surface area contributed by atoms with E-state index in [0.717, 1.165) is 12.1 Å². The number of halogens is 3. The SMILES string of the molecule is O=C(NO)c1cccc(-c2cccc(C(=O)NCCc3cccc(C(F)(F)F)c3)c2)c1. The van der Waals surface area contributed by atoms with Crippen LogP contribution in [0.2, 0.25) is 0 Å². The van der Waals surface area contributed by atoms with E-state index in [-0.39, 0.29) is 24.4 Å². The molecular weight excluding hydrogens is 409 g/mol. The number of hydrogen-bond donors (Lipinski definition) is 3. The molecule has 3 rings (SSSR count). The first kappa shape index (κ1) is 22.0. The zero-order chi connectivity index (χ0) is 22.4. The van der Waals surface area contributed by atoms with Crippen molar-refractivity contribution in [3.8, 4) is 11.1 Å². The van der Waals surface area contributed by atoms with Gasteiger partial charge in [-0.25, -0.2) is 5.48 Å². The molecule has 2 amide bonds. The number of hydroxylamine groups is 1. The number of carbonyl (C=O) groups excluding carboxylic acids is 2. The summed E-state index contributed by atoms with van der Waals surface area (Å²) in [6.07, 6.45) is -4.15. The smallest absolute Gasteiger partial charge is 0.352 e. The molecule has 0 saturated heterocycles. The lowest BCUT2D eigenvalue weighted by atomic mass is 10.0. The molecule has 0 fully saturated rings. The molecule has 0 heterocycles. The molecule has 0 aromatic heterocycles. The topological polar surface area (TPSA) is 78.4 Å². The van der Waals surface area contributed by atoms with E-state index in [1.54, 1.807) is 60.1 Å². The Morgan fingerprint density at radius 3 is 1.97 bits per heavy atom. The van der Waals surface area contributed by atoms with Crippen LogP contribution in [0.1, 0.15) is 31.8 Å². The number of alkyl halides is 3. The van der Waals surface area contributed by atoms with Crippen molar-refractivity contribution in [3.63, 3.8) is 0 Å². The molecule has 0 bridgehead atoms. The van der Waals surface area contributed by atoms with Crippen LogP contribution < -0.4 is 10.8 Å². The summed E-state index contributed by atoms with van der Waals surface area (Å²) < 4.78 is 38.4. The maximum atomic E-state index is 12.8. The molecule has 160 valence electrons. The summed E-state index contributed by atoms with van der Waals surface area (Å²) in [5, 5.41) is 11.5. The number of amides is 2. The number of carbonyl (C=O) groups is 2. The van der Waals surface area contributed by atoms with E-state index in [1.807, 2.05) is 0 Å². The molecule has 0 aliphatic heterocycles. The van der Waals surface area contributed by atoms with Gasteiger partial charge in [-0.05, 0) is 53.4 Å². The predicted molar refractivity (Wildman–Crippen MR) is 109 cm³/mol. The van der Waals surface area contributed by atoms with Crippen LogP contribution in [0, 0.1) is 0 Å². The lowest BCUT2D eigenvalue weighted by Crippen LogP contribution is -2.25. The van der Waals surface area contributed by atoms with Gasteiger partial charge in [-0.1, -0.05) is 42.5 Å². The Morgan fingerprint density at radius 1 is 0.806 bits per heavy atom. The van der Waals surface area contributed by atoms with E-state index >= 15 is 0 Å². The first-order chi connectivity index (χ1) is 14.8. The minimum Gasteiger partial charge on any atom is -0.352 e. The highest BCUT2D eigenvalue weighted by molar-refractivity contribution is 5.96. The molecule has 8 heteroatoms. The first-order valence-corrected chi connectivity index (χ1v) is 9.37. The van der Waals surface area contributed by atoms with Gasteiger partial charge in [0, 0.05) is 17.7 Å². The van der Waals surface area contributed by atoms with E-state index in [4.69, 9.17) is 5.21 Å². The van der Waals surface area contributed by atoms with Crippen molar-refractivity contribution in [1.82, 2.24) is 10.8 Å². The van der Waals surface area contributed by atoms with Crippen molar-refractivity contribution >= 4 is 11.8 Å². The fourth-order valence-electron chi connectivity index (χ4n) is 3.07. The fraction of sp³-hybridized carbons (Fsp3) is 0.130. The van der Waals surface area contributed by atoms with Gasteiger partial charge < -0.3 is 5.32 Å². The molecule has 5 nitrogen and oxygen atoms in total. The van der Waals surface area contributed by atoms with Gasteiger partial charge in [-0.3, -0.25) is 14.8 Å². The standard InChI is InChI=1S/C23H19F3N2O3/c24-23(25,26)20-9-1-4-15(12-20)10-11-27-21(29)18-7-2-5-16(13-18)17-6-3-8-19(14-17)22(30)28-31/h1-9,12-14,31H,10-11H2,(H,27,29)(H,28,30). The highest BCUT2D eigenvalue weighted by Gasteiger charge is 2.30. The van der Waals surface area contributed by atoms with E-state index in [2.05, 4.69) is 5.32 Å². The largest absolute Gasteiger partial charge is 0.416 e. The summed E-state index contributed by atoms with van der Waals surface area (Å²) in [4.78, 5) is 24.1. The van der Waals surface area contributed by atoms with Gasteiger partial charge in [0.1, 0.15) is 0 Å². The van der Waals surface area contributed by atoms with Crippen LogP contribution >= 0.6 is 0 Å². The molecular formula is C23H19F3N2O3. The maximum Gasteiger partial charge on any atom is 0.416 e. The van der Waals surface area contributed by atoms with E-state index < -0.39 is 17.6 Å². The third-order valence-electron chi connectivity index (χ3n) is 4.64. The highest BCUT2D eigenvalue weighted by Crippen LogP contribution is 2.29. The lowest BCUT2D eigenvalue weighted by Gasteiger charge is -2.10. The van der Waals surface area contributed by atoms with Crippen molar-refractivity contribution in [1.29, 1.82) is 0 Å². The molecule has 0 radical (unpaired) electrons. The number of rotatable bonds is 6. The van der Waals surface area contributed by atoms with E-state index in [1.165, 1.54) is 6.07 Å². The van der Waals surface area contributed by atoms with Crippen LogP contribution in [0.15, 0.2) is 72.8 Å². The van der Waals surface area contributed by atoms with Gasteiger partial charge in [0.2, 0.25) is 0 Å². The van der Waals surface area contributed by atoms with Crippen molar-refractivity contribution in [3.05, 3.63) is 95.1 Å². The quantitative estimate of drug-likeness (QED) is 0.401. The molecule has 0 aliphatic rings. The first-order valence-electron chi connectivity index (χ1n) is 9.37. The van der Waals surface area contributed by atoms with Gasteiger partial charge in [-0.2, -0.15) is 13.2 Å². The molecule has 0 aliphatic carbocycles. The molecule has 3 aromatic carbocycles. The summed E-state index contributed by atoms with van der Waals surface area (Å²) in [6, 6.07) is 18.3. The van der Waals surface area contributed by atoms with E-state index in [9.17, 15) is 22.8 Å². The van der Waals surface area contributed by atoms with Crippen LogP contribution in [0.25, 0.3) is 11.1 Å². The summed E-state index contributed by atoms with van der Waals surface area (Å²) in [5.74, 6) is -1.01. The molecule has 0 saturated carbocycles. The summed E-state index contributed by atoms with van der Waals surface area (Å²) >= 11 is 0. The molecule has 0 spiro atoms. The van der Waals surface area contributed by atoms with Gasteiger partial charge in [0.05, 0.1) is 5.56 Å². The molecule has 0 atom stereocenters. The normalized spacial score (nSPS) is 11.1. The van der Waals surface area contributed by atoms with Gasteiger partial charge >= 0.3 is 6.18 Å². The molecule has 3 N–H and O–H groups in total. The lowest BCUT2D eigenvalue weighted by molar-refractivity contribution is -0.137. The maximum absolute atomic E-state index is 12.8. The summed E-state index contributed by atoms with van der Waals surface area (Å²) in [7, 11) is 0. The van der Waals surface area contributed by atoms with Crippen molar-refractivity contribution in [2.24, 2.45) is 0 Å². The summed E-state index contributed by atoms with van der Waals surface area (Å²) in [6.45, 7) is 0.177. The third kappa shape index (κ3) is 5.70. The van der Waals surface area contributed by atoms with Crippen molar-refractivity contribution < 1.29 is 28.0 Å². The third-order valence-corrected chi connectivity index (χ3v) is 4.64. The molecule has 3 aromatic rings. The highest BCUT2D eigenvalue weighted by atomic mass is 19.4. The number of hydrogen-bond acceptors (Lipinski definition) is 3. The Morgan fingerprint density at radius 2 is 1.39 bits per heavy atom. The van der Waals surface area contributed by atoms with Crippen LogP contribution in [0.5, 0.6) is 0 Å². The van der Waals surface area contributed by atoms with Gasteiger partial charge in [0.25, 0.3) is 11.8 Å². The molecule has 31 heavy (non-hydrogen) atoms. The fourth-order valence-corrected chi connectivity index (χ4v) is 3.07. The zero-order valence-electron chi connectivity index (χ0n) is 16.2. The Bertz CT molecular complexity index is 1100. The van der Waals surface area contributed by atoms with Crippen LogP contribution in [0.3, 0.4) is 0 Å². The van der Waals surface area contributed by atoms with Gasteiger partial charge in [0.15, 0.2) is 0 Å². The predicted octanol–water partition coefficient (Wildman–Crippen LogP) is 4.46. The van der Waals surface area contributed by atoms with Crippen molar-refractivity contribution in [2.75, 3.05) is 6.54 Å². The Balaban J connectivity index is 1.67. The number of benzene rings is 3. The minimum absolute atomic E-state index is 0.177. The van der Waals surface area contributed by atoms with Gasteiger partial charge in [-0.15, -0.1) is 0 Å². The molecule has 0 unspecified atom stereocenters. The summed E-state index contributed by atoms with van der Waals surface area (Å²) in [5.41, 5.74) is 3.33. The minimum atomic E-state index is -4.41. The van der Waals surface area contributed by atoms with Crippen LogP contribution in [-0.2, 0) is 12.6 Å². The Hall–Kier alpha value is -3.65. The Kier molecular flexibility index (Phi) is 6.71. The van der Waals surface area contributed by atoms with Crippen LogP contribution in [0.4, 0.5) is 13.2 Å². The van der Waals surface area contributed by atoms with Crippen molar-refractivity contribution in [2.45, 2.75) is 12.6 Å². The Labute approximate surface area is 176 Å². The average Bonchev–Trinajstić information content (AvgIpc) is 2.78. The van der Waals surface area contributed by atoms with E-state index in [0.29, 0.717) is 22.3 Å². The zero-order valence-corrected chi connectivity index (χ0v) is 16.2. The average molecular weight is 428 g/mol. The second kappa shape index (κ2) is 9.44. The second-order valence-corrected chi connectivity index (χ2v) is 6.81.